The molecule has 1 fully saturated rings. The zero-order chi connectivity index (χ0) is 13.9. The normalized spacial score (nSPS) is 19.5. The number of para-hydroxylation sites is 1. The third-order valence-corrected chi connectivity index (χ3v) is 4.62. The lowest BCUT2D eigenvalue weighted by molar-refractivity contribution is 0.204. The van der Waals surface area contributed by atoms with Crippen LogP contribution in [-0.4, -0.2) is 36.4 Å². The van der Waals surface area contributed by atoms with E-state index in [0.29, 0.717) is 0 Å². The number of hydrogen-bond acceptors (Lipinski definition) is 4. The molecule has 1 heterocycles. The van der Waals surface area contributed by atoms with E-state index in [-0.39, 0.29) is 18.1 Å². The van der Waals surface area contributed by atoms with Crippen LogP contribution in [0.5, 0.6) is 11.5 Å². The van der Waals surface area contributed by atoms with Crippen LogP contribution in [0.4, 0.5) is 0 Å². The quantitative estimate of drug-likeness (QED) is 0.901. The SMILES string of the molecule is COc1c(OC2CCSC2)cccc1C(C)(C)CO. The molecule has 1 aliphatic rings. The van der Waals surface area contributed by atoms with Gasteiger partial charge in [-0.1, -0.05) is 26.0 Å². The van der Waals surface area contributed by atoms with Gasteiger partial charge in [-0.15, -0.1) is 0 Å². The van der Waals surface area contributed by atoms with Crippen LogP contribution in [0.15, 0.2) is 18.2 Å². The predicted molar refractivity (Wildman–Crippen MR) is 79.5 cm³/mol. The molecule has 1 aromatic rings. The Morgan fingerprint density at radius 3 is 2.79 bits per heavy atom. The summed E-state index contributed by atoms with van der Waals surface area (Å²) in [5.74, 6) is 3.73. The van der Waals surface area contributed by atoms with Crippen molar-refractivity contribution in [2.24, 2.45) is 0 Å². The molecular weight excluding hydrogens is 260 g/mol. The van der Waals surface area contributed by atoms with Crippen LogP contribution in [0, 0.1) is 0 Å². The van der Waals surface area contributed by atoms with Crippen molar-refractivity contribution in [3.8, 4) is 11.5 Å². The minimum atomic E-state index is -0.338. The van der Waals surface area contributed by atoms with Crippen molar-refractivity contribution in [2.45, 2.75) is 31.8 Å². The molecule has 1 saturated heterocycles. The summed E-state index contributed by atoms with van der Waals surface area (Å²) in [4.78, 5) is 0. The molecule has 1 aromatic carbocycles. The van der Waals surface area contributed by atoms with Crippen LogP contribution in [0.1, 0.15) is 25.8 Å². The molecule has 1 unspecified atom stereocenters. The molecule has 1 aliphatic heterocycles. The number of aliphatic hydroxyl groups is 1. The molecular formula is C15H22O3S. The van der Waals surface area contributed by atoms with Gasteiger partial charge in [0.1, 0.15) is 6.10 Å². The standard InChI is InChI=1S/C15H22O3S/c1-15(2,10-16)12-5-4-6-13(14(12)17-3)18-11-7-8-19-9-11/h4-6,11,16H,7-10H2,1-3H3. The Morgan fingerprint density at radius 1 is 1.42 bits per heavy atom. The second-order valence-electron chi connectivity index (χ2n) is 5.48. The van der Waals surface area contributed by atoms with Gasteiger partial charge in [-0.25, -0.2) is 0 Å². The molecule has 106 valence electrons. The lowest BCUT2D eigenvalue weighted by Crippen LogP contribution is -2.23. The second kappa shape index (κ2) is 6.06. The number of methoxy groups -OCH3 is 1. The Labute approximate surface area is 119 Å². The topological polar surface area (TPSA) is 38.7 Å². The van der Waals surface area contributed by atoms with Crippen LogP contribution in [0.25, 0.3) is 0 Å². The zero-order valence-electron chi connectivity index (χ0n) is 11.8. The van der Waals surface area contributed by atoms with E-state index in [0.717, 1.165) is 35.0 Å². The van der Waals surface area contributed by atoms with E-state index in [1.54, 1.807) is 7.11 Å². The molecule has 1 atom stereocenters. The summed E-state index contributed by atoms with van der Waals surface area (Å²) in [7, 11) is 1.66. The van der Waals surface area contributed by atoms with Crippen molar-refractivity contribution >= 4 is 11.8 Å². The van der Waals surface area contributed by atoms with Gasteiger partial charge < -0.3 is 14.6 Å². The summed E-state index contributed by atoms with van der Waals surface area (Å²) in [5, 5.41) is 9.54. The third-order valence-electron chi connectivity index (χ3n) is 3.49. The fourth-order valence-electron chi connectivity index (χ4n) is 2.22. The Bertz CT molecular complexity index is 425. The molecule has 0 saturated carbocycles. The number of rotatable bonds is 5. The van der Waals surface area contributed by atoms with Crippen molar-refractivity contribution in [1.29, 1.82) is 0 Å². The average Bonchev–Trinajstić information content (AvgIpc) is 2.91. The summed E-state index contributed by atoms with van der Waals surface area (Å²) in [6.07, 6.45) is 1.35. The maximum absolute atomic E-state index is 9.54. The Hall–Kier alpha value is -0.870. The lowest BCUT2D eigenvalue weighted by Gasteiger charge is -2.26. The summed E-state index contributed by atoms with van der Waals surface area (Å²) in [6, 6.07) is 5.90. The monoisotopic (exact) mass is 282 g/mol. The first-order valence-corrected chi connectivity index (χ1v) is 7.76. The molecule has 0 radical (unpaired) electrons. The summed E-state index contributed by atoms with van der Waals surface area (Å²) >= 11 is 1.92. The summed E-state index contributed by atoms with van der Waals surface area (Å²) in [6.45, 7) is 4.08. The van der Waals surface area contributed by atoms with Gasteiger partial charge in [0, 0.05) is 16.7 Å². The van der Waals surface area contributed by atoms with Crippen molar-refractivity contribution in [1.82, 2.24) is 0 Å². The molecule has 0 amide bonds. The fourth-order valence-corrected chi connectivity index (χ4v) is 3.32. The first-order valence-electron chi connectivity index (χ1n) is 6.61. The molecule has 1 N–H and O–H groups in total. The van der Waals surface area contributed by atoms with E-state index in [9.17, 15) is 5.11 Å². The highest BCUT2D eigenvalue weighted by Crippen LogP contribution is 2.39. The largest absolute Gasteiger partial charge is 0.493 e. The minimum Gasteiger partial charge on any atom is -0.493 e. The zero-order valence-corrected chi connectivity index (χ0v) is 12.6. The molecule has 0 aliphatic carbocycles. The van der Waals surface area contributed by atoms with E-state index in [4.69, 9.17) is 9.47 Å². The van der Waals surface area contributed by atoms with Crippen LogP contribution < -0.4 is 9.47 Å². The highest BCUT2D eigenvalue weighted by molar-refractivity contribution is 7.99. The van der Waals surface area contributed by atoms with E-state index < -0.39 is 0 Å². The maximum Gasteiger partial charge on any atom is 0.164 e. The molecule has 2 rings (SSSR count). The maximum atomic E-state index is 9.54. The van der Waals surface area contributed by atoms with Crippen molar-refractivity contribution in [3.05, 3.63) is 23.8 Å². The Morgan fingerprint density at radius 2 is 2.21 bits per heavy atom. The molecule has 3 nitrogen and oxygen atoms in total. The van der Waals surface area contributed by atoms with E-state index in [1.807, 2.05) is 43.8 Å². The van der Waals surface area contributed by atoms with Crippen molar-refractivity contribution in [2.75, 3.05) is 25.2 Å². The van der Waals surface area contributed by atoms with Crippen molar-refractivity contribution in [3.63, 3.8) is 0 Å². The first-order chi connectivity index (χ1) is 9.08. The van der Waals surface area contributed by atoms with Crippen LogP contribution in [0.2, 0.25) is 0 Å². The van der Waals surface area contributed by atoms with Gasteiger partial charge in [0.15, 0.2) is 11.5 Å². The van der Waals surface area contributed by atoms with Crippen LogP contribution in [-0.2, 0) is 5.41 Å². The number of ether oxygens (including phenoxy) is 2. The first kappa shape index (κ1) is 14.5. The number of thioether (sulfide) groups is 1. The molecule has 0 spiro atoms. The summed E-state index contributed by atoms with van der Waals surface area (Å²) < 4.78 is 11.6. The number of aliphatic hydroxyl groups excluding tert-OH is 1. The number of hydrogen-bond donors (Lipinski definition) is 1. The molecule has 19 heavy (non-hydrogen) atoms. The van der Waals surface area contributed by atoms with E-state index in [1.165, 1.54) is 0 Å². The Balaban J connectivity index is 2.30. The van der Waals surface area contributed by atoms with Crippen LogP contribution >= 0.6 is 11.8 Å². The second-order valence-corrected chi connectivity index (χ2v) is 6.63. The van der Waals surface area contributed by atoms with Gasteiger partial charge >= 0.3 is 0 Å². The summed E-state index contributed by atoms with van der Waals surface area (Å²) in [5.41, 5.74) is 0.649. The highest BCUT2D eigenvalue weighted by Gasteiger charge is 2.27. The lowest BCUT2D eigenvalue weighted by atomic mass is 9.85. The minimum absolute atomic E-state index is 0.0755. The van der Waals surface area contributed by atoms with Gasteiger partial charge in [-0.05, 0) is 18.2 Å². The Kier molecular flexibility index (Phi) is 4.63. The van der Waals surface area contributed by atoms with Gasteiger partial charge in [-0.3, -0.25) is 0 Å². The van der Waals surface area contributed by atoms with Gasteiger partial charge in [0.2, 0.25) is 0 Å². The molecule has 4 heteroatoms. The fraction of sp³-hybridized carbons (Fsp3) is 0.600. The van der Waals surface area contributed by atoms with E-state index >= 15 is 0 Å². The predicted octanol–water partition coefficient (Wildman–Crippen LogP) is 2.85. The molecule has 0 aromatic heterocycles. The molecule has 0 bridgehead atoms. The van der Waals surface area contributed by atoms with Gasteiger partial charge in [0.05, 0.1) is 13.7 Å². The van der Waals surface area contributed by atoms with Crippen molar-refractivity contribution < 1.29 is 14.6 Å². The van der Waals surface area contributed by atoms with E-state index in [2.05, 4.69) is 0 Å². The van der Waals surface area contributed by atoms with Gasteiger partial charge in [-0.2, -0.15) is 11.8 Å². The third kappa shape index (κ3) is 3.18. The average molecular weight is 282 g/mol. The van der Waals surface area contributed by atoms with Crippen LogP contribution in [0.3, 0.4) is 0 Å². The smallest absolute Gasteiger partial charge is 0.164 e. The van der Waals surface area contributed by atoms with Gasteiger partial charge in [0.25, 0.3) is 0 Å². The highest BCUT2D eigenvalue weighted by atomic mass is 32.2. The number of benzene rings is 1.